The van der Waals surface area contributed by atoms with E-state index in [9.17, 15) is 4.79 Å². The van der Waals surface area contributed by atoms with Crippen molar-refractivity contribution in [2.75, 3.05) is 5.32 Å². The second kappa shape index (κ2) is 8.61. The Balaban J connectivity index is 1.31. The Labute approximate surface area is 165 Å². The topological polar surface area (TPSA) is 50.4 Å². The molecule has 3 aromatic carbocycles. The molecule has 4 nitrogen and oxygen atoms in total. The average Bonchev–Trinajstić information content (AvgIpc) is 2.74. The molecule has 3 aromatic rings. The Morgan fingerprint density at radius 1 is 0.929 bits per heavy atom. The molecule has 2 amide bonds. The van der Waals surface area contributed by atoms with Crippen LogP contribution in [0.4, 0.5) is 10.5 Å². The second-order valence-electron chi connectivity index (χ2n) is 7.04. The lowest BCUT2D eigenvalue weighted by Crippen LogP contribution is -2.34. The van der Waals surface area contributed by atoms with E-state index in [0.717, 1.165) is 36.3 Å². The van der Waals surface area contributed by atoms with Crippen molar-refractivity contribution >= 4 is 11.7 Å². The maximum absolute atomic E-state index is 12.4. The number of benzene rings is 3. The Morgan fingerprint density at radius 3 is 2.50 bits per heavy atom. The lowest BCUT2D eigenvalue weighted by atomic mass is 9.88. The molecule has 2 N–H and O–H groups in total. The zero-order valence-electron chi connectivity index (χ0n) is 15.7. The molecule has 0 spiro atoms. The number of aryl methyl sites for hydroxylation is 1. The standard InChI is InChI=1S/C24H24N2O2/c27-24(26-23-12-6-10-19-9-4-5-11-22(19)23)25-20-13-15-21(16-14-20)28-17-18-7-2-1-3-8-18/h1-5,7-9,11,13-16,23H,6,10,12,17H2,(H2,25,26,27)/t23-/m0/s1. The van der Waals surface area contributed by atoms with Gasteiger partial charge in [0.15, 0.2) is 0 Å². The van der Waals surface area contributed by atoms with Crippen molar-refractivity contribution < 1.29 is 9.53 Å². The quantitative estimate of drug-likeness (QED) is 0.624. The molecule has 0 aromatic heterocycles. The second-order valence-corrected chi connectivity index (χ2v) is 7.04. The number of carbonyl (C=O) groups excluding carboxylic acids is 1. The Bertz CT molecular complexity index is 923. The number of urea groups is 1. The van der Waals surface area contributed by atoms with Gasteiger partial charge in [-0.05, 0) is 60.2 Å². The van der Waals surface area contributed by atoms with Gasteiger partial charge in [0.1, 0.15) is 12.4 Å². The molecule has 142 valence electrons. The summed E-state index contributed by atoms with van der Waals surface area (Å²) in [5.41, 5.74) is 4.43. The van der Waals surface area contributed by atoms with E-state index >= 15 is 0 Å². The number of carbonyl (C=O) groups is 1. The van der Waals surface area contributed by atoms with Crippen LogP contribution in [0.2, 0.25) is 0 Å². The number of nitrogens with one attached hydrogen (secondary N) is 2. The third kappa shape index (κ3) is 4.52. The van der Waals surface area contributed by atoms with Crippen LogP contribution in [0.3, 0.4) is 0 Å². The first-order valence-corrected chi connectivity index (χ1v) is 9.70. The van der Waals surface area contributed by atoms with Crippen LogP contribution >= 0.6 is 0 Å². The molecule has 1 aliphatic rings. The molecular weight excluding hydrogens is 348 g/mol. The molecule has 0 fully saturated rings. The molecule has 0 saturated heterocycles. The summed E-state index contributed by atoms with van der Waals surface area (Å²) in [5, 5.41) is 6.02. The summed E-state index contributed by atoms with van der Waals surface area (Å²) >= 11 is 0. The summed E-state index contributed by atoms with van der Waals surface area (Å²) in [6, 6.07) is 25.7. The SMILES string of the molecule is O=C(Nc1ccc(OCc2ccccc2)cc1)N[C@H]1CCCc2ccccc21. The number of anilines is 1. The molecule has 28 heavy (non-hydrogen) atoms. The summed E-state index contributed by atoms with van der Waals surface area (Å²) in [7, 11) is 0. The van der Waals surface area contributed by atoms with Crippen LogP contribution in [-0.4, -0.2) is 6.03 Å². The highest BCUT2D eigenvalue weighted by Gasteiger charge is 2.21. The van der Waals surface area contributed by atoms with Crippen LogP contribution in [-0.2, 0) is 13.0 Å². The summed E-state index contributed by atoms with van der Waals surface area (Å²) < 4.78 is 5.78. The van der Waals surface area contributed by atoms with Crippen LogP contribution in [0.1, 0.15) is 35.6 Å². The van der Waals surface area contributed by atoms with Crippen molar-refractivity contribution in [1.29, 1.82) is 0 Å². The van der Waals surface area contributed by atoms with E-state index in [1.807, 2.05) is 60.7 Å². The minimum absolute atomic E-state index is 0.0680. The van der Waals surface area contributed by atoms with Crippen LogP contribution < -0.4 is 15.4 Å². The van der Waals surface area contributed by atoms with Gasteiger partial charge in [-0.15, -0.1) is 0 Å². The molecule has 0 unspecified atom stereocenters. The summed E-state index contributed by atoms with van der Waals surface area (Å²) in [5.74, 6) is 0.774. The molecule has 1 atom stereocenters. The van der Waals surface area contributed by atoms with Crippen molar-refractivity contribution in [3.63, 3.8) is 0 Å². The average molecular weight is 372 g/mol. The van der Waals surface area contributed by atoms with Gasteiger partial charge in [0.2, 0.25) is 0 Å². The van der Waals surface area contributed by atoms with E-state index < -0.39 is 0 Å². The lowest BCUT2D eigenvalue weighted by Gasteiger charge is -2.26. The van der Waals surface area contributed by atoms with Gasteiger partial charge in [0.25, 0.3) is 0 Å². The van der Waals surface area contributed by atoms with Gasteiger partial charge in [0, 0.05) is 5.69 Å². The first kappa shape index (κ1) is 18.1. The monoisotopic (exact) mass is 372 g/mol. The highest BCUT2D eigenvalue weighted by atomic mass is 16.5. The first-order valence-electron chi connectivity index (χ1n) is 9.70. The Hall–Kier alpha value is -3.27. The van der Waals surface area contributed by atoms with Crippen molar-refractivity contribution in [2.45, 2.75) is 31.9 Å². The number of hydrogen-bond acceptors (Lipinski definition) is 2. The summed E-state index contributed by atoms with van der Waals surface area (Å²) in [6.07, 6.45) is 3.15. The van der Waals surface area contributed by atoms with Crippen molar-refractivity contribution in [2.24, 2.45) is 0 Å². The normalized spacial score (nSPS) is 15.4. The number of ether oxygens (including phenoxy) is 1. The fraction of sp³-hybridized carbons (Fsp3) is 0.208. The van der Waals surface area contributed by atoms with Crippen molar-refractivity contribution in [3.05, 3.63) is 95.6 Å². The van der Waals surface area contributed by atoms with E-state index in [1.54, 1.807) is 0 Å². The van der Waals surface area contributed by atoms with E-state index in [4.69, 9.17) is 4.74 Å². The van der Waals surface area contributed by atoms with Gasteiger partial charge in [-0.3, -0.25) is 0 Å². The molecular formula is C24H24N2O2. The predicted octanol–water partition coefficient (Wildman–Crippen LogP) is 5.46. The molecule has 0 aliphatic heterocycles. The zero-order chi connectivity index (χ0) is 19.2. The van der Waals surface area contributed by atoms with Crippen LogP contribution in [0.5, 0.6) is 5.75 Å². The predicted molar refractivity (Wildman–Crippen MR) is 111 cm³/mol. The van der Waals surface area contributed by atoms with Crippen LogP contribution in [0.25, 0.3) is 0 Å². The first-order chi connectivity index (χ1) is 13.8. The number of fused-ring (bicyclic) bond motifs is 1. The highest BCUT2D eigenvalue weighted by Crippen LogP contribution is 2.29. The molecule has 0 bridgehead atoms. The zero-order valence-corrected chi connectivity index (χ0v) is 15.7. The smallest absolute Gasteiger partial charge is 0.319 e. The Morgan fingerprint density at radius 2 is 1.68 bits per heavy atom. The number of amides is 2. The third-order valence-corrected chi connectivity index (χ3v) is 5.04. The van der Waals surface area contributed by atoms with E-state index in [2.05, 4.69) is 28.8 Å². The minimum Gasteiger partial charge on any atom is -0.489 e. The van der Waals surface area contributed by atoms with E-state index in [-0.39, 0.29) is 12.1 Å². The van der Waals surface area contributed by atoms with Crippen molar-refractivity contribution in [3.8, 4) is 5.75 Å². The van der Waals surface area contributed by atoms with Gasteiger partial charge in [-0.2, -0.15) is 0 Å². The largest absolute Gasteiger partial charge is 0.489 e. The van der Waals surface area contributed by atoms with Gasteiger partial charge in [-0.1, -0.05) is 54.6 Å². The molecule has 0 radical (unpaired) electrons. The molecule has 4 heteroatoms. The van der Waals surface area contributed by atoms with Gasteiger partial charge in [-0.25, -0.2) is 4.79 Å². The minimum atomic E-state index is -0.181. The van der Waals surface area contributed by atoms with E-state index in [0.29, 0.717) is 6.61 Å². The van der Waals surface area contributed by atoms with Gasteiger partial charge < -0.3 is 15.4 Å². The lowest BCUT2D eigenvalue weighted by molar-refractivity contribution is 0.247. The molecule has 1 aliphatic carbocycles. The fourth-order valence-corrected chi connectivity index (χ4v) is 3.60. The third-order valence-electron chi connectivity index (χ3n) is 5.04. The summed E-state index contributed by atoms with van der Waals surface area (Å²) in [4.78, 5) is 12.4. The molecule has 0 heterocycles. The Kier molecular flexibility index (Phi) is 5.57. The maximum Gasteiger partial charge on any atom is 0.319 e. The van der Waals surface area contributed by atoms with Crippen LogP contribution in [0.15, 0.2) is 78.9 Å². The highest BCUT2D eigenvalue weighted by molar-refractivity contribution is 5.89. The maximum atomic E-state index is 12.4. The van der Waals surface area contributed by atoms with Crippen molar-refractivity contribution in [1.82, 2.24) is 5.32 Å². The van der Waals surface area contributed by atoms with E-state index in [1.165, 1.54) is 11.1 Å². The molecule has 0 saturated carbocycles. The number of hydrogen-bond donors (Lipinski definition) is 2. The fourth-order valence-electron chi connectivity index (χ4n) is 3.60. The van der Waals surface area contributed by atoms with Gasteiger partial charge >= 0.3 is 6.03 Å². The van der Waals surface area contributed by atoms with Crippen LogP contribution in [0, 0.1) is 0 Å². The number of rotatable bonds is 5. The van der Waals surface area contributed by atoms with Gasteiger partial charge in [0.05, 0.1) is 6.04 Å². The summed E-state index contributed by atoms with van der Waals surface area (Å²) in [6.45, 7) is 0.523. The molecule has 4 rings (SSSR count).